The summed E-state index contributed by atoms with van der Waals surface area (Å²) >= 11 is 6.19. The smallest absolute Gasteiger partial charge is 0.322 e. The zero-order valence-electron chi connectivity index (χ0n) is 14.9. The Morgan fingerprint density at radius 3 is 2.79 bits per heavy atom. The maximum atomic E-state index is 14.7. The number of carbonyl (C=O) groups is 2. The Hall–Kier alpha value is -2.35. The highest BCUT2D eigenvalue weighted by Crippen LogP contribution is 2.29. The number of anilines is 2. The van der Waals surface area contributed by atoms with Crippen molar-refractivity contribution < 1.29 is 14.0 Å². The maximum Gasteiger partial charge on any atom is 0.322 e. The monoisotopic (exact) mass is 424 g/mol. The van der Waals surface area contributed by atoms with Crippen LogP contribution in [0.25, 0.3) is 0 Å². The summed E-state index contributed by atoms with van der Waals surface area (Å²) in [5, 5.41) is 8.89. The largest absolute Gasteiger partial charge is 0.336 e. The second kappa shape index (κ2) is 8.34. The van der Waals surface area contributed by atoms with Crippen molar-refractivity contribution in [1.29, 1.82) is 0 Å². The molecule has 2 aliphatic heterocycles. The van der Waals surface area contributed by atoms with Gasteiger partial charge in [0.25, 0.3) is 5.91 Å². The number of halogens is 3. The van der Waals surface area contributed by atoms with Gasteiger partial charge in [-0.25, -0.2) is 9.18 Å². The molecule has 0 spiro atoms. The van der Waals surface area contributed by atoms with Gasteiger partial charge in [-0.05, 0) is 48.4 Å². The highest BCUT2D eigenvalue weighted by molar-refractivity contribution is 6.34. The molecular weight excluding hydrogens is 406 g/mol. The number of nitrogens with one attached hydrogen (secondary N) is 3. The lowest BCUT2D eigenvalue weighted by atomic mass is 9.99. The molecule has 2 aliphatic rings. The summed E-state index contributed by atoms with van der Waals surface area (Å²) in [6.07, 6.45) is 0.583. The average Bonchev–Trinajstić information content (AvgIpc) is 3.10. The van der Waals surface area contributed by atoms with E-state index in [-0.39, 0.29) is 24.1 Å². The van der Waals surface area contributed by atoms with Crippen LogP contribution < -0.4 is 20.9 Å². The first-order valence-electron chi connectivity index (χ1n) is 8.72. The highest BCUT2D eigenvalue weighted by Gasteiger charge is 2.24. The topological polar surface area (TPSA) is 73.5 Å². The van der Waals surface area contributed by atoms with Crippen molar-refractivity contribution in [2.45, 2.75) is 13.0 Å². The van der Waals surface area contributed by atoms with Gasteiger partial charge in [0.1, 0.15) is 5.82 Å². The number of urea groups is 1. The SMILES string of the molecule is Cl.O=C(Nc1ccc2c(c1F)CCNC2)c1ccc(Cl)c(N2CCNC2=O)c1. The molecule has 0 atom stereocenters. The van der Waals surface area contributed by atoms with E-state index in [0.717, 1.165) is 5.56 Å². The standard InChI is InChI=1S/C19H18ClFN4O2.ClH/c20-14-3-1-11(9-16(14)25-8-7-23-19(25)27)18(26)24-15-4-2-12-10-22-6-5-13(12)17(15)21;/h1-4,9,22H,5-8,10H2,(H,23,27)(H,24,26);1H. The number of hydrogen-bond acceptors (Lipinski definition) is 3. The fraction of sp³-hybridized carbons (Fsp3) is 0.263. The van der Waals surface area contributed by atoms with Gasteiger partial charge >= 0.3 is 6.03 Å². The van der Waals surface area contributed by atoms with Crippen LogP contribution in [0, 0.1) is 5.82 Å². The molecule has 9 heteroatoms. The number of benzene rings is 2. The zero-order chi connectivity index (χ0) is 19.0. The molecule has 0 unspecified atom stereocenters. The van der Waals surface area contributed by atoms with Crippen LogP contribution in [0.5, 0.6) is 0 Å². The van der Waals surface area contributed by atoms with E-state index in [2.05, 4.69) is 16.0 Å². The Morgan fingerprint density at radius 1 is 1.21 bits per heavy atom. The minimum absolute atomic E-state index is 0. The van der Waals surface area contributed by atoms with Crippen LogP contribution in [0.2, 0.25) is 5.02 Å². The van der Waals surface area contributed by atoms with Crippen LogP contribution in [-0.4, -0.2) is 31.6 Å². The molecule has 0 saturated carbocycles. The van der Waals surface area contributed by atoms with E-state index < -0.39 is 11.7 Å². The van der Waals surface area contributed by atoms with E-state index in [9.17, 15) is 14.0 Å². The van der Waals surface area contributed by atoms with Crippen molar-refractivity contribution in [3.63, 3.8) is 0 Å². The van der Waals surface area contributed by atoms with Crippen LogP contribution in [-0.2, 0) is 13.0 Å². The third-order valence-electron chi connectivity index (χ3n) is 4.81. The third-order valence-corrected chi connectivity index (χ3v) is 5.13. The molecule has 6 nitrogen and oxygen atoms in total. The molecule has 3 amide bonds. The first-order chi connectivity index (χ1) is 13.0. The third kappa shape index (κ3) is 3.78. The quantitative estimate of drug-likeness (QED) is 0.707. The second-order valence-electron chi connectivity index (χ2n) is 6.50. The molecule has 0 aliphatic carbocycles. The first-order valence-corrected chi connectivity index (χ1v) is 9.09. The van der Waals surface area contributed by atoms with Gasteiger partial charge in [0, 0.05) is 25.2 Å². The molecule has 0 bridgehead atoms. The fourth-order valence-electron chi connectivity index (χ4n) is 3.39. The molecule has 1 saturated heterocycles. The Bertz CT molecular complexity index is 938. The predicted molar refractivity (Wildman–Crippen MR) is 109 cm³/mol. The fourth-order valence-corrected chi connectivity index (χ4v) is 3.61. The summed E-state index contributed by atoms with van der Waals surface area (Å²) in [5.74, 6) is -0.851. The lowest BCUT2D eigenvalue weighted by Gasteiger charge is -2.20. The van der Waals surface area contributed by atoms with Gasteiger partial charge in [-0.1, -0.05) is 17.7 Å². The van der Waals surface area contributed by atoms with Crippen LogP contribution >= 0.6 is 24.0 Å². The number of hydrogen-bond donors (Lipinski definition) is 3. The summed E-state index contributed by atoms with van der Waals surface area (Å²) in [5.41, 5.74) is 2.45. The van der Waals surface area contributed by atoms with Gasteiger partial charge in [-0.3, -0.25) is 9.69 Å². The zero-order valence-corrected chi connectivity index (χ0v) is 16.4. The molecule has 1 fully saturated rings. The molecular formula is C19H19Cl2FN4O2. The number of amides is 3. The van der Waals surface area contributed by atoms with E-state index in [1.807, 2.05) is 6.07 Å². The van der Waals surface area contributed by atoms with Gasteiger partial charge in [0.15, 0.2) is 0 Å². The number of nitrogens with zero attached hydrogens (tertiary/aromatic N) is 1. The number of rotatable bonds is 3. The molecule has 4 rings (SSSR count). The van der Waals surface area contributed by atoms with E-state index >= 15 is 0 Å². The normalized spacial score (nSPS) is 15.5. The lowest BCUT2D eigenvalue weighted by molar-refractivity contribution is 0.102. The number of carbonyl (C=O) groups excluding carboxylic acids is 2. The summed E-state index contributed by atoms with van der Waals surface area (Å²) in [6.45, 7) is 2.32. The van der Waals surface area contributed by atoms with Gasteiger partial charge in [0.05, 0.1) is 16.4 Å². The molecule has 2 aromatic rings. The summed E-state index contributed by atoms with van der Waals surface area (Å²) in [7, 11) is 0. The van der Waals surface area contributed by atoms with Crippen molar-refractivity contribution in [2.24, 2.45) is 0 Å². The van der Waals surface area contributed by atoms with Gasteiger partial charge in [0.2, 0.25) is 0 Å². The van der Waals surface area contributed by atoms with Crippen LogP contribution in [0.4, 0.5) is 20.6 Å². The van der Waals surface area contributed by atoms with Crippen LogP contribution in [0.3, 0.4) is 0 Å². The first kappa shape index (κ1) is 20.4. The molecule has 28 heavy (non-hydrogen) atoms. The summed E-state index contributed by atoms with van der Waals surface area (Å²) in [6, 6.07) is 7.79. The number of fused-ring (bicyclic) bond motifs is 1. The van der Waals surface area contributed by atoms with Crippen LogP contribution in [0.1, 0.15) is 21.5 Å². The Labute approximate surface area is 172 Å². The molecule has 0 aromatic heterocycles. The predicted octanol–water partition coefficient (Wildman–Crippen LogP) is 3.33. The van der Waals surface area contributed by atoms with Crippen molar-refractivity contribution in [1.82, 2.24) is 10.6 Å². The summed E-state index contributed by atoms with van der Waals surface area (Å²) in [4.78, 5) is 26.0. The van der Waals surface area contributed by atoms with Gasteiger partial charge < -0.3 is 16.0 Å². The Morgan fingerprint density at radius 2 is 2.04 bits per heavy atom. The second-order valence-corrected chi connectivity index (χ2v) is 6.90. The lowest BCUT2D eigenvalue weighted by Crippen LogP contribution is -2.28. The van der Waals surface area contributed by atoms with Crippen molar-refractivity contribution in [3.05, 3.63) is 57.9 Å². The van der Waals surface area contributed by atoms with Crippen LogP contribution in [0.15, 0.2) is 30.3 Å². The summed E-state index contributed by atoms with van der Waals surface area (Å²) < 4.78 is 14.7. The average molecular weight is 425 g/mol. The maximum absolute atomic E-state index is 14.7. The van der Waals surface area contributed by atoms with E-state index in [1.165, 1.54) is 4.90 Å². The van der Waals surface area contributed by atoms with Crippen molar-refractivity contribution in [3.8, 4) is 0 Å². The van der Waals surface area contributed by atoms with Gasteiger partial charge in [-0.2, -0.15) is 0 Å². The Kier molecular flexibility index (Phi) is 6.07. The van der Waals surface area contributed by atoms with E-state index in [0.29, 0.717) is 54.4 Å². The minimum atomic E-state index is -0.458. The van der Waals surface area contributed by atoms with E-state index in [1.54, 1.807) is 24.3 Å². The molecule has 2 aromatic carbocycles. The molecule has 3 N–H and O–H groups in total. The molecule has 148 valence electrons. The molecule has 2 heterocycles. The Balaban J connectivity index is 0.00000225. The minimum Gasteiger partial charge on any atom is -0.336 e. The van der Waals surface area contributed by atoms with Gasteiger partial charge in [-0.15, -0.1) is 12.4 Å². The van der Waals surface area contributed by atoms with E-state index in [4.69, 9.17) is 11.6 Å². The van der Waals surface area contributed by atoms with Crippen molar-refractivity contribution in [2.75, 3.05) is 29.9 Å². The highest BCUT2D eigenvalue weighted by atomic mass is 35.5. The van der Waals surface area contributed by atoms with Crippen molar-refractivity contribution >= 4 is 47.3 Å². The molecule has 0 radical (unpaired) electrons.